The van der Waals surface area contributed by atoms with Gasteiger partial charge in [0, 0.05) is 32.4 Å². The zero-order valence-electron chi connectivity index (χ0n) is 11.7. The maximum atomic E-state index is 11.8. The van der Waals surface area contributed by atoms with E-state index in [1.807, 2.05) is 6.92 Å². The van der Waals surface area contributed by atoms with Gasteiger partial charge >= 0.3 is 5.97 Å². The van der Waals surface area contributed by atoms with E-state index in [-0.39, 0.29) is 12.0 Å². The second-order valence-corrected chi connectivity index (χ2v) is 4.69. The van der Waals surface area contributed by atoms with E-state index in [2.05, 4.69) is 20.9 Å². The molecule has 1 aromatic heterocycles. The molecule has 0 spiro atoms. The Morgan fingerprint density at radius 3 is 2.75 bits per heavy atom. The number of carbonyl (C=O) groups excluding carboxylic acids is 1. The second kappa shape index (κ2) is 6.35. The number of aromatic nitrogens is 1. The van der Waals surface area contributed by atoms with Gasteiger partial charge in [-0.1, -0.05) is 0 Å². The lowest BCUT2D eigenvalue weighted by Crippen LogP contribution is -2.49. The van der Waals surface area contributed by atoms with Crippen molar-refractivity contribution >= 4 is 11.8 Å². The summed E-state index contributed by atoms with van der Waals surface area (Å²) in [7, 11) is 1.37. The molecule has 1 saturated heterocycles. The van der Waals surface area contributed by atoms with E-state index in [1.54, 1.807) is 18.3 Å². The highest BCUT2D eigenvalue weighted by atomic mass is 16.5. The van der Waals surface area contributed by atoms with E-state index in [0.29, 0.717) is 11.4 Å². The molecule has 0 N–H and O–H groups in total. The van der Waals surface area contributed by atoms with Gasteiger partial charge in [0.15, 0.2) is 0 Å². The van der Waals surface area contributed by atoms with Crippen LogP contribution in [0, 0.1) is 11.3 Å². The Kier molecular flexibility index (Phi) is 4.53. The van der Waals surface area contributed by atoms with Crippen LogP contribution in [-0.4, -0.2) is 55.2 Å². The number of carbonyl (C=O) groups is 1. The van der Waals surface area contributed by atoms with Gasteiger partial charge in [-0.15, -0.1) is 0 Å². The van der Waals surface area contributed by atoms with Crippen molar-refractivity contribution in [2.75, 3.05) is 38.2 Å². The summed E-state index contributed by atoms with van der Waals surface area (Å²) in [5, 5.41) is 8.94. The molecular formula is C14H18N4O2. The molecule has 0 amide bonds. The van der Waals surface area contributed by atoms with Crippen LogP contribution in [-0.2, 0) is 4.74 Å². The highest BCUT2D eigenvalue weighted by Crippen LogP contribution is 2.20. The highest BCUT2D eigenvalue weighted by Gasteiger charge is 2.24. The van der Waals surface area contributed by atoms with Crippen molar-refractivity contribution in [1.82, 2.24) is 9.88 Å². The first kappa shape index (κ1) is 14.3. The van der Waals surface area contributed by atoms with Gasteiger partial charge in [0.05, 0.1) is 19.2 Å². The number of hydrogen-bond acceptors (Lipinski definition) is 6. The van der Waals surface area contributed by atoms with Crippen LogP contribution in [0.4, 0.5) is 5.82 Å². The van der Waals surface area contributed by atoms with Crippen LogP contribution < -0.4 is 4.90 Å². The number of ether oxygens (including phenoxy) is 1. The largest absolute Gasteiger partial charge is 0.465 e. The van der Waals surface area contributed by atoms with Crippen molar-refractivity contribution in [2.45, 2.75) is 13.0 Å². The predicted octanol–water partition coefficient (Wildman–Crippen LogP) is 0.902. The summed E-state index contributed by atoms with van der Waals surface area (Å²) in [5.74, 6) is 0.282. The molecule has 1 aromatic rings. The van der Waals surface area contributed by atoms with Gasteiger partial charge in [0.25, 0.3) is 0 Å². The lowest BCUT2D eigenvalue weighted by molar-refractivity contribution is 0.0600. The van der Waals surface area contributed by atoms with Crippen molar-refractivity contribution in [3.05, 3.63) is 23.9 Å². The summed E-state index contributed by atoms with van der Waals surface area (Å²) in [6.07, 6.45) is 1.67. The van der Waals surface area contributed by atoms with Crippen molar-refractivity contribution in [3.8, 4) is 6.07 Å². The molecule has 2 heterocycles. The lowest BCUT2D eigenvalue weighted by Gasteiger charge is -2.36. The third-order valence-electron chi connectivity index (χ3n) is 3.54. The van der Waals surface area contributed by atoms with Gasteiger partial charge in [-0.3, -0.25) is 4.90 Å². The van der Waals surface area contributed by atoms with Crippen LogP contribution >= 0.6 is 0 Å². The van der Waals surface area contributed by atoms with Gasteiger partial charge in [-0.05, 0) is 19.1 Å². The molecule has 1 unspecified atom stereocenters. The Labute approximate surface area is 118 Å². The van der Waals surface area contributed by atoms with Crippen molar-refractivity contribution in [1.29, 1.82) is 5.26 Å². The highest BCUT2D eigenvalue weighted by molar-refractivity contribution is 5.94. The lowest BCUT2D eigenvalue weighted by atomic mass is 10.2. The molecular weight excluding hydrogens is 256 g/mol. The van der Waals surface area contributed by atoms with Crippen LogP contribution in [0.3, 0.4) is 0 Å². The Morgan fingerprint density at radius 2 is 2.15 bits per heavy atom. The molecule has 0 aromatic carbocycles. The van der Waals surface area contributed by atoms with Gasteiger partial charge < -0.3 is 9.64 Å². The topological polar surface area (TPSA) is 69.5 Å². The Morgan fingerprint density at radius 1 is 1.45 bits per heavy atom. The molecule has 106 valence electrons. The van der Waals surface area contributed by atoms with E-state index in [4.69, 9.17) is 10.00 Å². The molecule has 1 aliphatic heterocycles. The minimum absolute atomic E-state index is 0.0824. The average molecular weight is 274 g/mol. The van der Waals surface area contributed by atoms with Crippen LogP contribution in [0.5, 0.6) is 0 Å². The Hall–Kier alpha value is -2.13. The summed E-state index contributed by atoms with van der Waals surface area (Å²) in [5.41, 5.74) is 0.483. The fraction of sp³-hybridized carbons (Fsp3) is 0.500. The van der Waals surface area contributed by atoms with E-state index in [9.17, 15) is 4.79 Å². The first-order valence-electron chi connectivity index (χ1n) is 6.59. The van der Waals surface area contributed by atoms with Crippen LogP contribution in [0.2, 0.25) is 0 Å². The van der Waals surface area contributed by atoms with E-state index < -0.39 is 0 Å². The number of rotatable bonds is 3. The molecule has 2 rings (SSSR count). The molecule has 6 nitrogen and oxygen atoms in total. The second-order valence-electron chi connectivity index (χ2n) is 4.69. The van der Waals surface area contributed by atoms with Crippen LogP contribution in [0.25, 0.3) is 0 Å². The van der Waals surface area contributed by atoms with Crippen molar-refractivity contribution in [2.24, 2.45) is 0 Å². The first-order chi connectivity index (χ1) is 9.67. The number of hydrogen-bond donors (Lipinski definition) is 0. The smallest absolute Gasteiger partial charge is 0.341 e. The van der Waals surface area contributed by atoms with E-state index in [0.717, 1.165) is 26.2 Å². The first-order valence-corrected chi connectivity index (χ1v) is 6.59. The third-order valence-corrected chi connectivity index (χ3v) is 3.54. The Balaban J connectivity index is 2.11. The van der Waals surface area contributed by atoms with Gasteiger partial charge in [-0.25, -0.2) is 9.78 Å². The summed E-state index contributed by atoms with van der Waals surface area (Å²) in [4.78, 5) is 20.2. The maximum Gasteiger partial charge on any atom is 0.341 e. The standard InChI is InChI=1S/C14H18N4O2/c1-11(10-15)17-6-8-18(9-7-17)13-12(14(19)20-2)4-3-5-16-13/h3-5,11H,6-9H2,1-2H3. The van der Waals surface area contributed by atoms with Gasteiger partial charge in [-0.2, -0.15) is 5.26 Å². The fourth-order valence-corrected chi connectivity index (χ4v) is 2.32. The summed E-state index contributed by atoms with van der Waals surface area (Å²) < 4.78 is 4.79. The molecule has 1 atom stereocenters. The number of methoxy groups -OCH3 is 1. The number of pyridine rings is 1. The number of anilines is 1. The summed E-state index contributed by atoms with van der Waals surface area (Å²) in [6, 6.07) is 5.61. The average Bonchev–Trinajstić information content (AvgIpc) is 2.53. The van der Waals surface area contributed by atoms with E-state index >= 15 is 0 Å². The zero-order valence-corrected chi connectivity index (χ0v) is 11.7. The number of nitrogens with zero attached hydrogens (tertiary/aromatic N) is 4. The zero-order chi connectivity index (χ0) is 14.5. The predicted molar refractivity (Wildman–Crippen MR) is 74.4 cm³/mol. The van der Waals surface area contributed by atoms with Crippen LogP contribution in [0.1, 0.15) is 17.3 Å². The minimum Gasteiger partial charge on any atom is -0.465 e. The summed E-state index contributed by atoms with van der Waals surface area (Å²) >= 11 is 0. The van der Waals surface area contributed by atoms with Gasteiger partial charge in [0.1, 0.15) is 11.4 Å². The van der Waals surface area contributed by atoms with Gasteiger partial charge in [0.2, 0.25) is 0 Å². The molecule has 20 heavy (non-hydrogen) atoms. The Bertz CT molecular complexity index is 518. The fourth-order valence-electron chi connectivity index (χ4n) is 2.32. The minimum atomic E-state index is -0.374. The van der Waals surface area contributed by atoms with Crippen molar-refractivity contribution in [3.63, 3.8) is 0 Å². The molecule has 1 aliphatic rings. The molecule has 1 fully saturated rings. The SMILES string of the molecule is COC(=O)c1cccnc1N1CCN(C(C)C#N)CC1. The maximum absolute atomic E-state index is 11.8. The molecule has 0 radical (unpaired) electrons. The number of nitriles is 1. The molecule has 6 heteroatoms. The normalized spacial score (nSPS) is 17.4. The third kappa shape index (κ3) is 2.89. The molecule has 0 saturated carbocycles. The number of piperazine rings is 1. The monoisotopic (exact) mass is 274 g/mol. The van der Waals surface area contributed by atoms with Crippen molar-refractivity contribution < 1.29 is 9.53 Å². The quantitative estimate of drug-likeness (QED) is 0.763. The molecule has 0 bridgehead atoms. The molecule has 0 aliphatic carbocycles. The summed E-state index contributed by atoms with van der Waals surface area (Å²) in [6.45, 7) is 4.95. The van der Waals surface area contributed by atoms with E-state index in [1.165, 1.54) is 7.11 Å². The number of esters is 1. The van der Waals surface area contributed by atoms with Crippen LogP contribution in [0.15, 0.2) is 18.3 Å².